The van der Waals surface area contributed by atoms with Crippen LogP contribution < -0.4 is 5.32 Å². The molecular weight excluding hydrogens is 224 g/mol. The van der Waals surface area contributed by atoms with Crippen molar-refractivity contribution < 1.29 is 19.2 Å². The molecule has 0 radical (unpaired) electrons. The number of nitrogens with zero attached hydrogens (tertiary/aromatic N) is 1. The number of piperazine rings is 1. The van der Waals surface area contributed by atoms with Crippen molar-refractivity contribution in [1.82, 2.24) is 10.4 Å². The Morgan fingerprint density at radius 2 is 2.00 bits per heavy atom. The van der Waals surface area contributed by atoms with Crippen LogP contribution in [0.25, 0.3) is 0 Å². The van der Waals surface area contributed by atoms with Crippen LogP contribution in [0, 0.1) is 5.41 Å². The van der Waals surface area contributed by atoms with Gasteiger partial charge in [-0.3, -0.25) is 4.79 Å². The number of hydrogen-bond donors (Lipinski definition) is 1. The van der Waals surface area contributed by atoms with Gasteiger partial charge in [0.2, 0.25) is 0 Å². The lowest BCUT2D eigenvalue weighted by atomic mass is 9.98. The summed E-state index contributed by atoms with van der Waals surface area (Å²) >= 11 is 0. The van der Waals surface area contributed by atoms with Gasteiger partial charge >= 0.3 is 11.9 Å². The van der Waals surface area contributed by atoms with Crippen LogP contribution in [0.2, 0.25) is 0 Å². The first-order valence-electron chi connectivity index (χ1n) is 5.63. The van der Waals surface area contributed by atoms with E-state index in [9.17, 15) is 9.59 Å². The molecule has 1 aliphatic heterocycles. The highest BCUT2D eigenvalue weighted by atomic mass is 16.7. The SMILES string of the molecule is COC(=O)[C@@H]1CN(OC(=O)C(C)(C)C)CCN1. The van der Waals surface area contributed by atoms with Crippen LogP contribution >= 0.6 is 0 Å². The number of rotatable bonds is 2. The van der Waals surface area contributed by atoms with E-state index in [-0.39, 0.29) is 11.9 Å². The summed E-state index contributed by atoms with van der Waals surface area (Å²) < 4.78 is 4.64. The molecule has 0 saturated carbocycles. The van der Waals surface area contributed by atoms with Gasteiger partial charge in [-0.1, -0.05) is 0 Å². The van der Waals surface area contributed by atoms with Crippen LogP contribution in [0.5, 0.6) is 0 Å². The van der Waals surface area contributed by atoms with E-state index in [1.54, 1.807) is 20.8 Å². The maximum atomic E-state index is 11.7. The number of carbonyl (C=O) groups is 2. The van der Waals surface area contributed by atoms with Gasteiger partial charge in [-0.25, -0.2) is 4.79 Å². The summed E-state index contributed by atoms with van der Waals surface area (Å²) in [5, 5.41) is 4.51. The lowest BCUT2D eigenvalue weighted by Crippen LogP contribution is -2.55. The normalized spacial score (nSPS) is 22.0. The van der Waals surface area contributed by atoms with Crippen LogP contribution in [-0.4, -0.2) is 49.8 Å². The first kappa shape index (κ1) is 13.9. The number of methoxy groups -OCH3 is 1. The van der Waals surface area contributed by atoms with Crippen molar-refractivity contribution in [3.8, 4) is 0 Å². The van der Waals surface area contributed by atoms with Crippen molar-refractivity contribution in [3.63, 3.8) is 0 Å². The summed E-state index contributed by atoms with van der Waals surface area (Å²) in [7, 11) is 1.34. The molecule has 0 bridgehead atoms. The average Bonchev–Trinajstić information content (AvgIpc) is 2.27. The monoisotopic (exact) mass is 244 g/mol. The van der Waals surface area contributed by atoms with Gasteiger partial charge in [0.25, 0.3) is 0 Å². The van der Waals surface area contributed by atoms with Gasteiger partial charge in [0.05, 0.1) is 19.1 Å². The number of ether oxygens (including phenoxy) is 1. The topological polar surface area (TPSA) is 67.9 Å². The van der Waals surface area contributed by atoms with Crippen LogP contribution in [0.4, 0.5) is 0 Å². The van der Waals surface area contributed by atoms with Crippen molar-refractivity contribution in [3.05, 3.63) is 0 Å². The zero-order valence-corrected chi connectivity index (χ0v) is 10.8. The summed E-state index contributed by atoms with van der Waals surface area (Å²) in [4.78, 5) is 28.2. The molecule has 0 unspecified atom stereocenters. The second kappa shape index (κ2) is 5.46. The molecule has 1 heterocycles. The summed E-state index contributed by atoms with van der Waals surface area (Å²) in [5.41, 5.74) is -0.550. The van der Waals surface area contributed by atoms with E-state index in [1.807, 2.05) is 0 Å². The number of esters is 1. The highest BCUT2D eigenvalue weighted by Crippen LogP contribution is 2.16. The first-order chi connectivity index (χ1) is 7.84. The second-order valence-electron chi connectivity index (χ2n) is 5.05. The first-order valence-corrected chi connectivity index (χ1v) is 5.63. The quantitative estimate of drug-likeness (QED) is 0.686. The fourth-order valence-corrected chi connectivity index (χ4v) is 1.36. The lowest BCUT2D eigenvalue weighted by Gasteiger charge is -2.32. The predicted molar refractivity (Wildman–Crippen MR) is 60.9 cm³/mol. The Labute approximate surface area is 101 Å². The average molecular weight is 244 g/mol. The third-order valence-corrected chi connectivity index (χ3v) is 2.45. The largest absolute Gasteiger partial charge is 0.468 e. The number of hydroxylamine groups is 2. The Morgan fingerprint density at radius 1 is 1.35 bits per heavy atom. The van der Waals surface area contributed by atoms with Crippen molar-refractivity contribution >= 4 is 11.9 Å². The minimum atomic E-state index is -0.550. The Morgan fingerprint density at radius 3 is 2.53 bits per heavy atom. The molecule has 98 valence electrons. The van der Waals surface area contributed by atoms with Crippen molar-refractivity contribution in [1.29, 1.82) is 0 Å². The number of hydrogen-bond acceptors (Lipinski definition) is 6. The molecule has 17 heavy (non-hydrogen) atoms. The fraction of sp³-hybridized carbons (Fsp3) is 0.818. The molecule has 0 aromatic heterocycles. The van der Waals surface area contributed by atoms with Crippen LogP contribution in [0.1, 0.15) is 20.8 Å². The number of carbonyl (C=O) groups excluding carboxylic acids is 2. The van der Waals surface area contributed by atoms with E-state index < -0.39 is 11.5 Å². The van der Waals surface area contributed by atoms with Gasteiger partial charge < -0.3 is 14.9 Å². The van der Waals surface area contributed by atoms with Crippen molar-refractivity contribution in [2.24, 2.45) is 5.41 Å². The molecular formula is C11H20N2O4. The minimum absolute atomic E-state index is 0.303. The molecule has 1 saturated heterocycles. The van der Waals surface area contributed by atoms with Gasteiger partial charge in [-0.05, 0) is 20.8 Å². The summed E-state index contributed by atoms with van der Waals surface area (Å²) in [5.74, 6) is -0.649. The molecule has 1 aliphatic rings. The summed E-state index contributed by atoms with van der Waals surface area (Å²) in [6, 6.07) is -0.443. The van der Waals surface area contributed by atoms with Gasteiger partial charge in [-0.2, -0.15) is 0 Å². The van der Waals surface area contributed by atoms with E-state index in [1.165, 1.54) is 12.2 Å². The molecule has 0 aromatic rings. The minimum Gasteiger partial charge on any atom is -0.468 e. The second-order valence-corrected chi connectivity index (χ2v) is 5.05. The van der Waals surface area contributed by atoms with E-state index in [4.69, 9.17) is 4.84 Å². The molecule has 1 rings (SSSR count). The molecule has 0 aliphatic carbocycles. The van der Waals surface area contributed by atoms with E-state index >= 15 is 0 Å². The maximum absolute atomic E-state index is 11.7. The molecule has 0 spiro atoms. The Bertz CT molecular complexity index is 298. The molecule has 1 fully saturated rings. The zero-order valence-electron chi connectivity index (χ0n) is 10.8. The van der Waals surface area contributed by atoms with E-state index in [0.717, 1.165) is 0 Å². The third-order valence-electron chi connectivity index (χ3n) is 2.45. The highest BCUT2D eigenvalue weighted by molar-refractivity contribution is 5.76. The Hall–Kier alpha value is -1.14. The maximum Gasteiger partial charge on any atom is 0.330 e. The zero-order chi connectivity index (χ0) is 13.1. The molecule has 1 N–H and O–H groups in total. The van der Waals surface area contributed by atoms with E-state index in [0.29, 0.717) is 19.6 Å². The van der Waals surface area contributed by atoms with Gasteiger partial charge in [0.15, 0.2) is 0 Å². The molecule has 1 atom stereocenters. The van der Waals surface area contributed by atoms with Gasteiger partial charge in [0.1, 0.15) is 6.04 Å². The van der Waals surface area contributed by atoms with Crippen LogP contribution in [-0.2, 0) is 19.2 Å². The molecule has 6 nitrogen and oxygen atoms in total. The van der Waals surface area contributed by atoms with Crippen LogP contribution in [0.15, 0.2) is 0 Å². The highest BCUT2D eigenvalue weighted by Gasteiger charge is 2.31. The smallest absolute Gasteiger partial charge is 0.330 e. The van der Waals surface area contributed by atoms with Gasteiger partial charge in [-0.15, -0.1) is 5.06 Å². The van der Waals surface area contributed by atoms with Crippen molar-refractivity contribution in [2.45, 2.75) is 26.8 Å². The number of nitrogens with one attached hydrogen (secondary N) is 1. The van der Waals surface area contributed by atoms with Crippen molar-refractivity contribution in [2.75, 3.05) is 26.7 Å². The Kier molecular flexibility index (Phi) is 4.47. The Balaban J connectivity index is 2.50. The third kappa shape index (κ3) is 3.98. The molecule has 0 aromatic carbocycles. The lowest BCUT2D eigenvalue weighted by molar-refractivity contribution is -0.206. The standard InChI is InChI=1S/C11H20N2O4/c1-11(2,3)10(15)17-13-6-5-12-8(7-13)9(14)16-4/h8,12H,5-7H2,1-4H3/t8-/m0/s1. The fourth-order valence-electron chi connectivity index (χ4n) is 1.36. The summed E-state index contributed by atoms with van der Waals surface area (Å²) in [6.45, 7) is 6.82. The summed E-state index contributed by atoms with van der Waals surface area (Å²) in [6.07, 6.45) is 0. The molecule has 0 amide bonds. The molecule has 6 heteroatoms. The van der Waals surface area contributed by atoms with Crippen LogP contribution in [0.3, 0.4) is 0 Å². The predicted octanol–water partition coefficient (Wildman–Crippen LogP) is -0.0625. The van der Waals surface area contributed by atoms with E-state index in [2.05, 4.69) is 10.1 Å². The van der Waals surface area contributed by atoms with Gasteiger partial charge in [0, 0.05) is 13.1 Å².